The minimum Gasteiger partial charge on any atom is -0.481 e. The van der Waals surface area contributed by atoms with Gasteiger partial charge in [0.1, 0.15) is 38.6 Å². The summed E-state index contributed by atoms with van der Waals surface area (Å²) < 4.78 is 21.6. The van der Waals surface area contributed by atoms with Crippen LogP contribution in [0.15, 0.2) is 237 Å². The third kappa shape index (κ3) is 52.8. The van der Waals surface area contributed by atoms with Crippen LogP contribution in [0.3, 0.4) is 0 Å². The zero-order valence-electron chi connectivity index (χ0n) is 89.9. The third-order valence-corrected chi connectivity index (χ3v) is 24.6. The number of esters is 4. The van der Waals surface area contributed by atoms with Gasteiger partial charge in [0.2, 0.25) is 0 Å². The lowest BCUT2D eigenvalue weighted by atomic mass is 9.88. The molecule has 1 aromatic heterocycles. The molecule has 21 nitrogen and oxygen atoms in total. The number of carboxylic acid groups (broad SMARTS) is 5. The fraction of sp³-hybridized carbons (Fsp3) is 0.475. The number of aryl methyl sites for hydroxylation is 1. The molecule has 21 heteroatoms. The van der Waals surface area contributed by atoms with Gasteiger partial charge < -0.3 is 59.3 Å². The molecule has 0 spiro atoms. The second-order valence-electron chi connectivity index (χ2n) is 36.1. The summed E-state index contributed by atoms with van der Waals surface area (Å²) in [6, 6.07) is 76.6. The third-order valence-electron chi connectivity index (χ3n) is 24.6. The molecule has 0 fully saturated rings. The molecule has 14 atom stereocenters. The fourth-order valence-electron chi connectivity index (χ4n) is 11.9. The second kappa shape index (κ2) is 74.9. The molecule has 0 aliphatic rings. The molecule has 14 unspecified atom stereocenters. The molecule has 9 aromatic carbocycles. The normalized spacial score (nSPS) is 13.2. The Morgan fingerprint density at radius 3 is 0.823 bits per heavy atom. The highest BCUT2D eigenvalue weighted by Gasteiger charge is 2.21. The number of carboxylic acids is 5. The molecule has 141 heavy (non-hydrogen) atoms. The van der Waals surface area contributed by atoms with Gasteiger partial charge in [-0.05, 0) is 202 Å². The fourth-order valence-corrected chi connectivity index (χ4v) is 11.9. The number of rotatable bonds is 35. The highest BCUT2D eigenvalue weighted by atomic mass is 16.6. The van der Waals surface area contributed by atoms with Crippen LogP contribution in [0.1, 0.15) is 315 Å². The Labute approximate surface area is 844 Å². The summed E-state index contributed by atoms with van der Waals surface area (Å²) in [4.78, 5) is 94.2. The SMILES string of the molecule is C=C(C)C(=O)OCC(O)COC(=O)C(C)CC.C=C(C)C(=O)OCC(O)COC(=O)C(C)CC.CCC(C)C(=O)O.CCC(C)C(=O)O.CCC(C)C(=O)O.CCC(C)C(=O)O.CCC(C)C(=O)O.CCC(C)c1c2ccccc2cc2ccccc12.CCC(C)c1ccc(-c2ccccc2)cc1.CCC(C)c1ccc(C)cc1.CCC(C)c1ccccc1.CCC(C)n1c2ccccc2c2ccccc21. The first-order valence-electron chi connectivity index (χ1n) is 50.3. The van der Waals surface area contributed by atoms with Crippen molar-refractivity contribution in [3.05, 3.63) is 264 Å². The number of carbonyl (C=O) groups excluding carboxylic acids is 4. The van der Waals surface area contributed by atoms with Crippen molar-refractivity contribution >= 4 is 97.1 Å². The van der Waals surface area contributed by atoms with E-state index in [-0.39, 0.29) is 90.9 Å². The van der Waals surface area contributed by atoms with Gasteiger partial charge in [-0.15, -0.1) is 0 Å². The first-order valence-corrected chi connectivity index (χ1v) is 50.3. The quantitative estimate of drug-likeness (QED) is 0.00839. The van der Waals surface area contributed by atoms with E-state index in [2.05, 4.69) is 306 Å². The molecule has 0 saturated carbocycles. The predicted molar refractivity (Wildman–Crippen MR) is 580 cm³/mol. The van der Waals surface area contributed by atoms with Crippen molar-refractivity contribution in [1.82, 2.24) is 4.57 Å². The molecular weight excluding hydrogens is 1780 g/mol. The Hall–Kier alpha value is -12.1. The number of para-hydroxylation sites is 2. The van der Waals surface area contributed by atoms with Crippen LogP contribution in [-0.4, -0.2) is 133 Å². The minimum atomic E-state index is -1.01. The summed E-state index contributed by atoms with van der Waals surface area (Å²) in [6.45, 7) is 58.8. The van der Waals surface area contributed by atoms with Gasteiger partial charge in [0, 0.05) is 39.0 Å². The second-order valence-corrected chi connectivity index (χ2v) is 36.1. The van der Waals surface area contributed by atoms with E-state index in [0.29, 0.717) is 42.6 Å². The van der Waals surface area contributed by atoms with Gasteiger partial charge in [-0.3, -0.25) is 33.6 Å². The lowest BCUT2D eigenvalue weighted by molar-refractivity contribution is -0.155. The molecule has 1 heterocycles. The molecular formula is C120H173NO20. The maximum atomic E-state index is 11.3. The lowest BCUT2D eigenvalue weighted by Crippen LogP contribution is -2.27. The average molecular weight is 1950 g/mol. The molecule has 0 aliphatic carbocycles. The standard InChI is InChI=1S/C18H18.C16H17N.C16H18.2C12H20O5.C11H16.C10H14.5C5H10O2/c1-3-13(2)18-16-10-6-4-8-14(16)12-15-9-5-7-11-17(15)18;1-3-12(2)17-15-10-6-4-8-13(15)14-9-5-7-11-16(14)17;1-3-13(2)14-9-11-16(12-10-14)15-7-5-4-6-8-15;2*1-5-9(4)12(15)17-7-10(13)6-16-11(14)8(2)3;1-4-10(3)11-7-5-9(2)6-8-11;1-3-9(2)10-7-5-4-6-8-10;5*1-3-4(2)5(6)7/h4-13H,3H2,1-2H3;4-12H,3H2,1-2H3;4-13H,3H2,1-2H3;2*9-10,13H,2,5-7H2,1,3-4H3;5-8,10H,4H2,1-3H3;4-9H,3H2,1-2H3;5*4H,3H2,1-2H3,(H,6,7). The largest absolute Gasteiger partial charge is 0.481 e. The number of hydrogen-bond donors (Lipinski definition) is 7. The van der Waals surface area contributed by atoms with Gasteiger partial charge in [0.05, 0.1) is 41.4 Å². The van der Waals surface area contributed by atoms with E-state index in [0.717, 1.165) is 38.5 Å². The summed E-state index contributed by atoms with van der Waals surface area (Å²) in [5, 5.41) is 68.0. The number of fused-ring (bicyclic) bond motifs is 5. The van der Waals surface area contributed by atoms with E-state index in [9.17, 15) is 53.4 Å². The Bertz CT molecular complexity index is 4930. The molecule has 0 radical (unpaired) electrons. The van der Waals surface area contributed by atoms with E-state index < -0.39 is 54.0 Å². The molecule has 0 saturated heterocycles. The number of aliphatic hydroxyl groups is 2. The summed E-state index contributed by atoms with van der Waals surface area (Å²) >= 11 is 0. The zero-order valence-corrected chi connectivity index (χ0v) is 89.9. The van der Waals surface area contributed by atoms with E-state index in [4.69, 9.17) is 44.5 Å². The Kier molecular flexibility index (Phi) is 69.5. The lowest BCUT2D eigenvalue weighted by Gasteiger charge is -2.16. The highest BCUT2D eigenvalue weighted by molar-refractivity contribution is 6.08. The number of ether oxygens (including phenoxy) is 4. The van der Waals surface area contributed by atoms with Crippen molar-refractivity contribution in [2.45, 2.75) is 306 Å². The molecule has 10 aromatic rings. The first-order chi connectivity index (χ1) is 66.7. The smallest absolute Gasteiger partial charge is 0.333 e. The zero-order chi connectivity index (χ0) is 108. The van der Waals surface area contributed by atoms with Crippen molar-refractivity contribution in [3.63, 3.8) is 0 Å². The molecule has 0 amide bonds. The molecule has 7 N–H and O–H groups in total. The summed E-state index contributed by atoms with van der Waals surface area (Å²) in [7, 11) is 0. The molecule has 0 bridgehead atoms. The van der Waals surface area contributed by atoms with Gasteiger partial charge in [0.15, 0.2) is 0 Å². The van der Waals surface area contributed by atoms with Crippen molar-refractivity contribution in [2.24, 2.45) is 41.4 Å². The van der Waals surface area contributed by atoms with Crippen molar-refractivity contribution in [3.8, 4) is 11.1 Å². The van der Waals surface area contributed by atoms with Gasteiger partial charge in [-0.25, -0.2) is 9.59 Å². The van der Waals surface area contributed by atoms with Crippen LogP contribution >= 0.6 is 0 Å². The monoisotopic (exact) mass is 1950 g/mol. The van der Waals surface area contributed by atoms with E-state index in [1.165, 1.54) is 122 Å². The van der Waals surface area contributed by atoms with Crippen LogP contribution in [0, 0.1) is 48.3 Å². The average Bonchev–Trinajstić information content (AvgIpc) is 1.61. The van der Waals surface area contributed by atoms with Crippen molar-refractivity contribution in [1.29, 1.82) is 0 Å². The van der Waals surface area contributed by atoms with Crippen LogP contribution in [0.2, 0.25) is 0 Å². The van der Waals surface area contributed by atoms with Gasteiger partial charge in [0.25, 0.3) is 0 Å². The number of benzene rings is 9. The predicted octanol–water partition coefficient (Wildman–Crippen LogP) is 29.5. The van der Waals surface area contributed by atoms with Crippen molar-refractivity contribution in [2.75, 3.05) is 26.4 Å². The van der Waals surface area contributed by atoms with E-state index >= 15 is 0 Å². The molecule has 778 valence electrons. The van der Waals surface area contributed by atoms with Gasteiger partial charge in [-0.1, -0.05) is 372 Å². The Balaban J connectivity index is 0. The maximum absolute atomic E-state index is 11.3. The van der Waals surface area contributed by atoms with Crippen LogP contribution in [-0.2, 0) is 62.1 Å². The highest BCUT2D eigenvalue weighted by Crippen LogP contribution is 2.36. The van der Waals surface area contributed by atoms with Crippen LogP contribution in [0.25, 0.3) is 54.5 Å². The van der Waals surface area contributed by atoms with Crippen molar-refractivity contribution < 1.29 is 97.8 Å². The van der Waals surface area contributed by atoms with Gasteiger partial charge in [-0.2, -0.15) is 0 Å². The number of carbonyl (C=O) groups is 9. The summed E-state index contributed by atoms with van der Waals surface area (Å²) in [6.07, 6.45) is 8.92. The number of nitrogens with zero attached hydrogens (tertiary/aromatic N) is 1. The van der Waals surface area contributed by atoms with E-state index in [1.54, 1.807) is 48.5 Å². The van der Waals surface area contributed by atoms with Crippen LogP contribution in [0.5, 0.6) is 0 Å². The minimum absolute atomic E-state index is 0.174. The summed E-state index contributed by atoms with van der Waals surface area (Å²) in [5.41, 5.74) is 13.0. The van der Waals surface area contributed by atoms with Crippen LogP contribution in [0.4, 0.5) is 0 Å². The molecule has 10 rings (SSSR count). The molecule has 0 aliphatic heterocycles. The summed E-state index contributed by atoms with van der Waals surface area (Å²) in [5.74, 6) is -4.02. The Morgan fingerprint density at radius 1 is 0.291 bits per heavy atom. The maximum Gasteiger partial charge on any atom is 0.333 e. The number of aliphatic hydroxyl groups excluding tert-OH is 2. The first kappa shape index (κ1) is 131. The number of aromatic nitrogens is 1. The van der Waals surface area contributed by atoms with Gasteiger partial charge >= 0.3 is 53.7 Å². The topological polar surface area (TPSA) is 337 Å². The number of aliphatic carboxylic acids is 5. The number of hydrogen-bond acceptors (Lipinski definition) is 15. The Morgan fingerprint density at radius 2 is 0.546 bits per heavy atom. The van der Waals surface area contributed by atoms with E-state index in [1.807, 2.05) is 48.5 Å². The van der Waals surface area contributed by atoms with Crippen LogP contribution < -0.4 is 0 Å².